The molecule has 0 saturated heterocycles. The Morgan fingerprint density at radius 1 is 1.44 bits per heavy atom. The van der Waals surface area contributed by atoms with Crippen molar-refractivity contribution in [2.24, 2.45) is 11.7 Å². The standard InChI is InChI=1S/C12H15Cl2N3O/c13-8-3-4-9(14)11(5-8)17-12(18)16-6-10(15)7-1-2-7/h3-5,7,10H,1-2,6,15H2,(H2,16,17,18). The molecule has 1 atom stereocenters. The van der Waals surface area contributed by atoms with E-state index in [-0.39, 0.29) is 12.1 Å². The summed E-state index contributed by atoms with van der Waals surface area (Å²) in [5.41, 5.74) is 6.37. The van der Waals surface area contributed by atoms with Gasteiger partial charge in [-0.25, -0.2) is 4.79 Å². The third kappa shape index (κ3) is 3.77. The zero-order valence-corrected chi connectivity index (χ0v) is 11.3. The van der Waals surface area contributed by atoms with Crippen molar-refractivity contribution in [3.8, 4) is 0 Å². The number of halogens is 2. The average Bonchev–Trinajstić information content (AvgIpc) is 3.15. The first kappa shape index (κ1) is 13.5. The Bertz CT molecular complexity index is 449. The number of amides is 2. The van der Waals surface area contributed by atoms with E-state index < -0.39 is 0 Å². The van der Waals surface area contributed by atoms with Gasteiger partial charge in [-0.05, 0) is 37.0 Å². The molecule has 4 nitrogen and oxygen atoms in total. The maximum absolute atomic E-state index is 11.6. The Kier molecular flexibility index (Phi) is 4.32. The van der Waals surface area contributed by atoms with Crippen molar-refractivity contribution < 1.29 is 4.79 Å². The highest BCUT2D eigenvalue weighted by Gasteiger charge is 2.28. The van der Waals surface area contributed by atoms with Gasteiger partial charge in [-0.15, -0.1) is 0 Å². The molecule has 2 amide bonds. The lowest BCUT2D eigenvalue weighted by atomic mass is 10.2. The Morgan fingerprint density at radius 3 is 2.83 bits per heavy atom. The number of carbonyl (C=O) groups is 1. The second-order valence-electron chi connectivity index (χ2n) is 4.46. The molecule has 98 valence electrons. The van der Waals surface area contributed by atoms with Gasteiger partial charge in [0.15, 0.2) is 0 Å². The Labute approximate surface area is 116 Å². The van der Waals surface area contributed by atoms with E-state index in [1.807, 2.05) is 0 Å². The third-order valence-electron chi connectivity index (χ3n) is 2.90. The minimum atomic E-state index is -0.324. The molecular weight excluding hydrogens is 273 g/mol. The van der Waals surface area contributed by atoms with E-state index >= 15 is 0 Å². The monoisotopic (exact) mass is 287 g/mol. The fraction of sp³-hybridized carbons (Fsp3) is 0.417. The number of carbonyl (C=O) groups excluding carboxylic acids is 1. The molecule has 4 N–H and O–H groups in total. The number of anilines is 1. The minimum absolute atomic E-state index is 0.0329. The summed E-state index contributed by atoms with van der Waals surface area (Å²) in [6.45, 7) is 0.467. The summed E-state index contributed by atoms with van der Waals surface area (Å²) in [6, 6.07) is 4.61. The van der Waals surface area contributed by atoms with Crippen molar-refractivity contribution >= 4 is 34.9 Å². The molecule has 1 aromatic rings. The normalized spacial score (nSPS) is 16.2. The van der Waals surface area contributed by atoms with Gasteiger partial charge in [0, 0.05) is 17.6 Å². The molecule has 0 aliphatic heterocycles. The van der Waals surface area contributed by atoms with Crippen molar-refractivity contribution in [3.05, 3.63) is 28.2 Å². The van der Waals surface area contributed by atoms with Crippen molar-refractivity contribution in [2.75, 3.05) is 11.9 Å². The maximum atomic E-state index is 11.6. The molecule has 2 rings (SSSR count). The summed E-state index contributed by atoms with van der Waals surface area (Å²) >= 11 is 11.8. The van der Waals surface area contributed by atoms with Crippen LogP contribution in [-0.2, 0) is 0 Å². The number of hydrogen-bond donors (Lipinski definition) is 3. The Morgan fingerprint density at radius 2 is 2.17 bits per heavy atom. The van der Waals surface area contributed by atoms with E-state index in [0.29, 0.717) is 28.2 Å². The quantitative estimate of drug-likeness (QED) is 0.797. The lowest BCUT2D eigenvalue weighted by Crippen LogP contribution is -2.40. The molecule has 0 heterocycles. The second kappa shape index (κ2) is 5.78. The van der Waals surface area contributed by atoms with Gasteiger partial charge in [0.1, 0.15) is 0 Å². The van der Waals surface area contributed by atoms with Gasteiger partial charge in [-0.2, -0.15) is 0 Å². The molecule has 0 aromatic heterocycles. The van der Waals surface area contributed by atoms with Gasteiger partial charge < -0.3 is 16.4 Å². The highest BCUT2D eigenvalue weighted by Crippen LogP contribution is 2.31. The number of rotatable bonds is 4. The predicted octanol–water partition coefficient (Wildman–Crippen LogP) is 2.85. The van der Waals surface area contributed by atoms with Crippen LogP contribution in [0.5, 0.6) is 0 Å². The zero-order chi connectivity index (χ0) is 13.1. The highest BCUT2D eigenvalue weighted by molar-refractivity contribution is 6.35. The average molecular weight is 288 g/mol. The molecule has 18 heavy (non-hydrogen) atoms. The van der Waals surface area contributed by atoms with Crippen LogP contribution in [-0.4, -0.2) is 18.6 Å². The lowest BCUT2D eigenvalue weighted by Gasteiger charge is -2.13. The number of nitrogens with two attached hydrogens (primary N) is 1. The van der Waals surface area contributed by atoms with E-state index in [2.05, 4.69) is 10.6 Å². The minimum Gasteiger partial charge on any atom is -0.336 e. The number of nitrogens with one attached hydrogen (secondary N) is 2. The van der Waals surface area contributed by atoms with Crippen LogP contribution in [0.2, 0.25) is 10.0 Å². The summed E-state index contributed by atoms with van der Waals surface area (Å²) in [6.07, 6.45) is 2.31. The Hall–Kier alpha value is -0.970. The smallest absolute Gasteiger partial charge is 0.319 e. The summed E-state index contributed by atoms with van der Waals surface area (Å²) in [4.78, 5) is 11.6. The molecule has 1 fully saturated rings. The van der Waals surface area contributed by atoms with Gasteiger partial charge in [-0.3, -0.25) is 0 Å². The summed E-state index contributed by atoms with van der Waals surface area (Å²) in [7, 11) is 0. The van der Waals surface area contributed by atoms with Crippen LogP contribution in [0.3, 0.4) is 0 Å². The second-order valence-corrected chi connectivity index (χ2v) is 5.30. The molecule has 6 heteroatoms. The fourth-order valence-electron chi connectivity index (χ4n) is 1.66. The van der Waals surface area contributed by atoms with E-state index in [1.54, 1.807) is 18.2 Å². The molecule has 1 aliphatic rings. The molecule has 0 spiro atoms. The molecule has 1 aliphatic carbocycles. The van der Waals surface area contributed by atoms with Crippen LogP contribution >= 0.6 is 23.2 Å². The van der Waals surface area contributed by atoms with Crippen LogP contribution in [0.25, 0.3) is 0 Å². The van der Waals surface area contributed by atoms with Crippen LogP contribution in [0.4, 0.5) is 10.5 Å². The van der Waals surface area contributed by atoms with E-state index in [0.717, 1.165) is 12.8 Å². The molecule has 1 aromatic carbocycles. The van der Waals surface area contributed by atoms with Gasteiger partial charge in [0.05, 0.1) is 10.7 Å². The number of hydrogen-bond acceptors (Lipinski definition) is 2. The molecule has 0 bridgehead atoms. The van der Waals surface area contributed by atoms with E-state index in [9.17, 15) is 4.79 Å². The van der Waals surface area contributed by atoms with Crippen LogP contribution in [0, 0.1) is 5.92 Å². The van der Waals surface area contributed by atoms with Crippen molar-refractivity contribution in [1.29, 1.82) is 0 Å². The molecule has 0 radical (unpaired) electrons. The van der Waals surface area contributed by atoms with Crippen LogP contribution in [0.1, 0.15) is 12.8 Å². The van der Waals surface area contributed by atoms with E-state index in [1.165, 1.54) is 0 Å². The van der Waals surface area contributed by atoms with Gasteiger partial charge in [-0.1, -0.05) is 23.2 Å². The maximum Gasteiger partial charge on any atom is 0.319 e. The third-order valence-corrected chi connectivity index (χ3v) is 3.47. The van der Waals surface area contributed by atoms with Crippen molar-refractivity contribution in [1.82, 2.24) is 5.32 Å². The first-order valence-electron chi connectivity index (χ1n) is 5.82. The SMILES string of the molecule is NC(CNC(=O)Nc1cc(Cl)ccc1Cl)C1CC1. The number of urea groups is 1. The summed E-state index contributed by atoms with van der Waals surface area (Å²) in [5.74, 6) is 0.556. The molecule has 1 unspecified atom stereocenters. The van der Waals surface area contributed by atoms with Gasteiger partial charge in [0.25, 0.3) is 0 Å². The predicted molar refractivity (Wildman–Crippen MR) is 74.2 cm³/mol. The lowest BCUT2D eigenvalue weighted by molar-refractivity contribution is 0.251. The van der Waals surface area contributed by atoms with Gasteiger partial charge >= 0.3 is 6.03 Å². The fourth-order valence-corrected chi connectivity index (χ4v) is 2.00. The summed E-state index contributed by atoms with van der Waals surface area (Å²) < 4.78 is 0. The van der Waals surface area contributed by atoms with E-state index in [4.69, 9.17) is 28.9 Å². The largest absolute Gasteiger partial charge is 0.336 e. The zero-order valence-electron chi connectivity index (χ0n) is 9.75. The number of benzene rings is 1. The Balaban J connectivity index is 1.84. The first-order valence-corrected chi connectivity index (χ1v) is 6.57. The van der Waals surface area contributed by atoms with Crippen LogP contribution in [0.15, 0.2) is 18.2 Å². The molecule has 1 saturated carbocycles. The topological polar surface area (TPSA) is 67.1 Å². The highest BCUT2D eigenvalue weighted by atomic mass is 35.5. The first-order chi connectivity index (χ1) is 8.56. The van der Waals surface area contributed by atoms with Crippen LogP contribution < -0.4 is 16.4 Å². The van der Waals surface area contributed by atoms with Crippen molar-refractivity contribution in [2.45, 2.75) is 18.9 Å². The molecular formula is C12H15Cl2N3O. The van der Waals surface area contributed by atoms with Crippen molar-refractivity contribution in [3.63, 3.8) is 0 Å². The summed E-state index contributed by atoms with van der Waals surface area (Å²) in [5, 5.41) is 6.33. The van der Waals surface area contributed by atoms with Gasteiger partial charge in [0.2, 0.25) is 0 Å².